The van der Waals surface area contributed by atoms with E-state index in [2.05, 4.69) is 5.32 Å². The van der Waals surface area contributed by atoms with Crippen molar-refractivity contribution in [2.75, 3.05) is 30.5 Å². The van der Waals surface area contributed by atoms with E-state index in [1.54, 1.807) is 24.1 Å². The normalized spacial score (nSPS) is 20.3. The minimum absolute atomic E-state index is 0.0156. The van der Waals surface area contributed by atoms with Gasteiger partial charge >= 0.3 is 6.18 Å². The third-order valence-corrected chi connectivity index (χ3v) is 6.90. The third kappa shape index (κ3) is 4.65. The lowest BCUT2D eigenvalue weighted by atomic mass is 9.81. The van der Waals surface area contributed by atoms with Gasteiger partial charge in [-0.1, -0.05) is 12.1 Å². The maximum atomic E-state index is 13.3. The fourth-order valence-corrected chi connectivity index (χ4v) is 4.96. The summed E-state index contributed by atoms with van der Waals surface area (Å²) in [6, 6.07) is 8.81. The summed E-state index contributed by atoms with van der Waals surface area (Å²) in [5.41, 5.74) is 1.90. The van der Waals surface area contributed by atoms with Crippen molar-refractivity contribution in [3.8, 4) is 5.75 Å². The Labute approximate surface area is 200 Å². The number of carbonyl (C=O) groups is 2. The van der Waals surface area contributed by atoms with E-state index >= 15 is 0 Å². The van der Waals surface area contributed by atoms with Gasteiger partial charge in [0.25, 0.3) is 0 Å². The molecule has 0 aliphatic carbocycles. The number of aryl methyl sites for hydroxylation is 1. The van der Waals surface area contributed by atoms with Gasteiger partial charge < -0.3 is 19.7 Å². The van der Waals surface area contributed by atoms with Gasteiger partial charge in [0.2, 0.25) is 11.8 Å². The minimum atomic E-state index is -4.50. The molecule has 3 heterocycles. The molecule has 0 unspecified atom stereocenters. The zero-order valence-corrected chi connectivity index (χ0v) is 19.2. The summed E-state index contributed by atoms with van der Waals surface area (Å²) in [4.78, 5) is 26.6. The summed E-state index contributed by atoms with van der Waals surface area (Å²) in [7, 11) is 1.70. The van der Waals surface area contributed by atoms with E-state index in [9.17, 15) is 22.8 Å². The van der Waals surface area contributed by atoms with E-state index in [1.165, 1.54) is 12.1 Å². The van der Waals surface area contributed by atoms with Crippen LogP contribution in [0, 0.1) is 0 Å². The maximum Gasteiger partial charge on any atom is 0.416 e. The quantitative estimate of drug-likeness (QED) is 0.609. The van der Waals surface area contributed by atoms with Crippen molar-refractivity contribution in [1.82, 2.24) is 0 Å². The second kappa shape index (κ2) is 8.71. The van der Waals surface area contributed by atoms with Crippen molar-refractivity contribution in [3.05, 3.63) is 59.2 Å². The van der Waals surface area contributed by atoms with Crippen LogP contribution in [0.15, 0.2) is 42.5 Å². The van der Waals surface area contributed by atoms with E-state index < -0.39 is 23.2 Å². The molecule has 3 aliphatic rings. The zero-order chi connectivity index (χ0) is 24.8. The Bertz CT molecular complexity index is 1220. The summed E-state index contributed by atoms with van der Waals surface area (Å²) in [6.07, 6.45) is -0.533. The van der Waals surface area contributed by atoms with Crippen LogP contribution in [0.2, 0.25) is 0 Å². The Balaban J connectivity index is 1.45. The van der Waals surface area contributed by atoms with Gasteiger partial charge in [-0.05, 0) is 41.8 Å². The molecular formula is C26H25F3N2O4. The SMILES string of the molecule is CN1C(=O)CCc2ccc(NC(=O)/C=C3\CC4(CCOCC4)Oc4cc(C(F)(F)F)ccc43)cc21. The van der Waals surface area contributed by atoms with Crippen molar-refractivity contribution in [3.63, 3.8) is 0 Å². The fourth-order valence-electron chi connectivity index (χ4n) is 4.96. The molecule has 0 radical (unpaired) electrons. The molecule has 0 saturated carbocycles. The fraction of sp³-hybridized carbons (Fsp3) is 0.385. The number of hydrogen-bond donors (Lipinski definition) is 1. The van der Waals surface area contributed by atoms with Gasteiger partial charge in [-0.3, -0.25) is 9.59 Å². The van der Waals surface area contributed by atoms with Crippen molar-refractivity contribution in [2.45, 2.75) is 43.9 Å². The lowest BCUT2D eigenvalue weighted by molar-refractivity contribution is -0.138. The molecular weight excluding hydrogens is 461 g/mol. The first-order chi connectivity index (χ1) is 16.6. The Morgan fingerprint density at radius 1 is 1.11 bits per heavy atom. The van der Waals surface area contributed by atoms with E-state index in [-0.39, 0.29) is 11.7 Å². The number of nitrogens with zero attached hydrogens (tertiary/aromatic N) is 1. The monoisotopic (exact) mass is 486 g/mol. The van der Waals surface area contributed by atoms with Crippen LogP contribution in [0.4, 0.5) is 24.5 Å². The highest BCUT2D eigenvalue weighted by Gasteiger charge is 2.41. The van der Waals surface area contributed by atoms with Gasteiger partial charge in [0.15, 0.2) is 0 Å². The van der Waals surface area contributed by atoms with Crippen LogP contribution in [-0.4, -0.2) is 37.7 Å². The van der Waals surface area contributed by atoms with Gasteiger partial charge in [0.05, 0.1) is 18.8 Å². The van der Waals surface area contributed by atoms with Gasteiger partial charge in [-0.25, -0.2) is 0 Å². The molecule has 1 saturated heterocycles. The molecule has 35 heavy (non-hydrogen) atoms. The lowest BCUT2D eigenvalue weighted by Gasteiger charge is -2.42. The number of fused-ring (bicyclic) bond motifs is 2. The molecule has 2 aromatic rings. The zero-order valence-electron chi connectivity index (χ0n) is 19.2. The standard InChI is InChI=1S/C26H25F3N2O4/c1-31-21-14-19(5-2-16(21)3-7-24(31)33)30-23(32)12-17-15-25(8-10-34-11-9-25)35-22-13-18(26(27,28)29)4-6-20(17)22/h2,4-6,12-14H,3,7-11,15H2,1H3,(H,30,32)/b17-12+. The number of carbonyl (C=O) groups excluding carboxylic acids is 2. The molecule has 184 valence electrons. The molecule has 1 N–H and O–H groups in total. The summed E-state index contributed by atoms with van der Waals surface area (Å²) < 4.78 is 51.6. The molecule has 2 aromatic carbocycles. The number of halogens is 3. The molecule has 3 aliphatic heterocycles. The van der Waals surface area contributed by atoms with Crippen LogP contribution in [0.5, 0.6) is 5.75 Å². The topological polar surface area (TPSA) is 67.9 Å². The number of benzene rings is 2. The molecule has 0 aromatic heterocycles. The van der Waals surface area contributed by atoms with Gasteiger partial charge in [-0.2, -0.15) is 13.2 Å². The number of nitrogens with one attached hydrogen (secondary N) is 1. The number of hydrogen-bond acceptors (Lipinski definition) is 4. The van der Waals surface area contributed by atoms with Crippen molar-refractivity contribution < 1.29 is 32.2 Å². The van der Waals surface area contributed by atoms with Crippen LogP contribution < -0.4 is 15.0 Å². The van der Waals surface area contributed by atoms with Gasteiger partial charge in [0, 0.05) is 55.7 Å². The van der Waals surface area contributed by atoms with Crippen molar-refractivity contribution in [2.24, 2.45) is 0 Å². The molecule has 5 rings (SSSR count). The smallest absolute Gasteiger partial charge is 0.416 e. The Morgan fingerprint density at radius 2 is 1.89 bits per heavy atom. The summed E-state index contributed by atoms with van der Waals surface area (Å²) >= 11 is 0. The number of alkyl halides is 3. The molecule has 1 spiro atoms. The first-order valence-electron chi connectivity index (χ1n) is 11.5. The van der Waals surface area contributed by atoms with E-state index in [0.717, 1.165) is 23.4 Å². The van der Waals surface area contributed by atoms with E-state index in [4.69, 9.17) is 9.47 Å². The summed E-state index contributed by atoms with van der Waals surface area (Å²) in [5, 5.41) is 2.83. The highest BCUT2D eigenvalue weighted by atomic mass is 19.4. The van der Waals surface area contributed by atoms with Gasteiger partial charge in [-0.15, -0.1) is 0 Å². The molecule has 1 fully saturated rings. The average Bonchev–Trinajstić information content (AvgIpc) is 2.81. The summed E-state index contributed by atoms with van der Waals surface area (Å²) in [5.74, 6) is -0.262. The second-order valence-corrected chi connectivity index (χ2v) is 9.24. The molecule has 2 amide bonds. The molecule has 9 heteroatoms. The average molecular weight is 486 g/mol. The largest absolute Gasteiger partial charge is 0.486 e. The highest BCUT2D eigenvalue weighted by Crippen LogP contribution is 2.46. The summed E-state index contributed by atoms with van der Waals surface area (Å²) in [6.45, 7) is 0.879. The van der Waals surface area contributed by atoms with Gasteiger partial charge in [0.1, 0.15) is 11.4 Å². The number of ether oxygens (including phenoxy) is 2. The number of amides is 2. The van der Waals surface area contributed by atoms with Crippen LogP contribution in [0.1, 0.15) is 42.4 Å². The van der Waals surface area contributed by atoms with Crippen LogP contribution in [-0.2, 0) is 26.9 Å². The van der Waals surface area contributed by atoms with Crippen molar-refractivity contribution in [1.29, 1.82) is 0 Å². The van der Waals surface area contributed by atoms with E-state index in [0.29, 0.717) is 62.1 Å². The van der Waals surface area contributed by atoms with Crippen molar-refractivity contribution >= 4 is 28.8 Å². The molecule has 0 bridgehead atoms. The first kappa shape index (κ1) is 23.4. The minimum Gasteiger partial charge on any atom is -0.486 e. The highest BCUT2D eigenvalue weighted by molar-refractivity contribution is 6.05. The first-order valence-corrected chi connectivity index (χ1v) is 11.5. The molecule has 6 nitrogen and oxygen atoms in total. The van der Waals surface area contributed by atoms with E-state index in [1.807, 2.05) is 6.07 Å². The lowest BCUT2D eigenvalue weighted by Crippen LogP contribution is -2.44. The predicted molar refractivity (Wildman–Crippen MR) is 124 cm³/mol. The second-order valence-electron chi connectivity index (χ2n) is 9.24. The van der Waals surface area contributed by atoms with Crippen LogP contribution >= 0.6 is 0 Å². The van der Waals surface area contributed by atoms with Crippen LogP contribution in [0.25, 0.3) is 5.57 Å². The maximum absolute atomic E-state index is 13.3. The van der Waals surface area contributed by atoms with Crippen LogP contribution in [0.3, 0.4) is 0 Å². The Kier molecular flexibility index (Phi) is 5.83. The third-order valence-electron chi connectivity index (χ3n) is 6.90. The number of anilines is 2. The number of rotatable bonds is 2. The molecule has 0 atom stereocenters. The Hall–Kier alpha value is -3.33. The Morgan fingerprint density at radius 3 is 2.63 bits per heavy atom. The predicted octanol–water partition coefficient (Wildman–Crippen LogP) is 4.97.